The highest BCUT2D eigenvalue weighted by Crippen LogP contribution is 2.30. The van der Waals surface area contributed by atoms with Gasteiger partial charge in [0, 0.05) is 18.1 Å². The Morgan fingerprint density at radius 1 is 1.04 bits per heavy atom. The van der Waals surface area contributed by atoms with Crippen LogP contribution in [-0.2, 0) is 23.9 Å². The SMILES string of the molecule is CC(=O)[C@H](CS)CC(=O)C(C)(C)SC(=O)OCOC(=O)C(C)(C)C. The average molecular weight is 379 g/mol. The molecule has 0 saturated heterocycles. The Hall–Kier alpha value is -1.02. The van der Waals surface area contributed by atoms with Gasteiger partial charge in [-0.05, 0) is 53.3 Å². The zero-order valence-electron chi connectivity index (χ0n) is 15.0. The van der Waals surface area contributed by atoms with Crippen LogP contribution in [0.2, 0.25) is 0 Å². The van der Waals surface area contributed by atoms with Crippen LogP contribution in [0, 0.1) is 11.3 Å². The van der Waals surface area contributed by atoms with E-state index in [-0.39, 0.29) is 23.7 Å². The maximum atomic E-state index is 12.3. The first kappa shape index (κ1) is 23.0. The van der Waals surface area contributed by atoms with Crippen LogP contribution in [0.15, 0.2) is 0 Å². The number of Topliss-reactive ketones (excluding diaryl/α,β-unsaturated/α-hetero) is 2. The monoisotopic (exact) mass is 378 g/mol. The van der Waals surface area contributed by atoms with Crippen LogP contribution < -0.4 is 0 Å². The lowest BCUT2D eigenvalue weighted by Crippen LogP contribution is -2.33. The van der Waals surface area contributed by atoms with Crippen molar-refractivity contribution in [3.8, 4) is 0 Å². The predicted octanol–water partition coefficient (Wildman–Crippen LogP) is 3.28. The van der Waals surface area contributed by atoms with Crippen molar-refractivity contribution in [2.24, 2.45) is 11.3 Å². The third-order valence-electron chi connectivity index (χ3n) is 3.22. The van der Waals surface area contributed by atoms with Gasteiger partial charge in [0.05, 0.1) is 10.2 Å². The molecule has 0 aliphatic heterocycles. The summed E-state index contributed by atoms with van der Waals surface area (Å²) >= 11 is 4.76. The Bertz CT molecular complexity index is 493. The minimum absolute atomic E-state index is 0.0190. The quantitative estimate of drug-likeness (QED) is 0.394. The van der Waals surface area contributed by atoms with Crippen molar-refractivity contribution >= 4 is 47.2 Å². The average Bonchev–Trinajstić information content (AvgIpc) is 2.42. The van der Waals surface area contributed by atoms with Gasteiger partial charge < -0.3 is 9.47 Å². The zero-order chi connectivity index (χ0) is 19.1. The fourth-order valence-corrected chi connectivity index (χ4v) is 2.56. The third-order valence-corrected chi connectivity index (χ3v) is 4.68. The van der Waals surface area contributed by atoms with E-state index in [1.54, 1.807) is 34.6 Å². The number of rotatable bonds is 8. The maximum Gasteiger partial charge on any atom is 0.371 e. The second-order valence-corrected chi connectivity index (χ2v) is 8.85. The summed E-state index contributed by atoms with van der Waals surface area (Å²) in [6, 6.07) is 0. The number of thiol groups is 1. The van der Waals surface area contributed by atoms with Crippen LogP contribution in [0.3, 0.4) is 0 Å². The van der Waals surface area contributed by atoms with E-state index in [2.05, 4.69) is 12.6 Å². The molecule has 24 heavy (non-hydrogen) atoms. The van der Waals surface area contributed by atoms with Crippen molar-refractivity contribution in [1.82, 2.24) is 0 Å². The molecule has 0 fully saturated rings. The molecule has 0 aromatic heterocycles. The summed E-state index contributed by atoms with van der Waals surface area (Å²) in [5.41, 5.74) is -0.691. The van der Waals surface area contributed by atoms with Gasteiger partial charge in [0.1, 0.15) is 11.6 Å². The van der Waals surface area contributed by atoms with E-state index in [1.165, 1.54) is 6.92 Å². The largest absolute Gasteiger partial charge is 0.427 e. The van der Waals surface area contributed by atoms with Gasteiger partial charge in [-0.3, -0.25) is 14.4 Å². The molecular formula is C16H26O6S2. The first-order chi connectivity index (χ1) is 10.8. The lowest BCUT2D eigenvalue weighted by atomic mass is 9.94. The summed E-state index contributed by atoms with van der Waals surface area (Å²) in [5.74, 6) is -1.05. The van der Waals surface area contributed by atoms with E-state index in [1.807, 2.05) is 0 Å². The summed E-state index contributed by atoms with van der Waals surface area (Å²) in [4.78, 5) is 47.0. The molecule has 0 aromatic carbocycles. The molecule has 0 heterocycles. The molecule has 0 rings (SSSR count). The molecule has 0 aliphatic rings. The standard InChI is InChI=1S/C16H26O6S2/c1-10(17)11(8-23)7-12(18)16(5,6)24-14(20)22-9-21-13(19)15(2,3)4/h11,23H,7-9H2,1-6H3/t11-/m0/s1. The fourth-order valence-electron chi connectivity index (χ4n) is 1.45. The normalized spacial score (nSPS) is 13.1. The van der Waals surface area contributed by atoms with E-state index < -0.39 is 34.1 Å². The number of hydrogen-bond donors (Lipinski definition) is 1. The number of hydrogen-bond acceptors (Lipinski definition) is 8. The van der Waals surface area contributed by atoms with Crippen molar-refractivity contribution in [3.05, 3.63) is 0 Å². The molecule has 0 aromatic rings. The first-order valence-electron chi connectivity index (χ1n) is 7.49. The molecule has 0 saturated carbocycles. The molecule has 6 nitrogen and oxygen atoms in total. The summed E-state index contributed by atoms with van der Waals surface area (Å²) in [7, 11) is 0. The summed E-state index contributed by atoms with van der Waals surface area (Å²) in [6.07, 6.45) is 0.0190. The minimum Gasteiger partial charge on any atom is -0.427 e. The Morgan fingerprint density at radius 3 is 2.00 bits per heavy atom. The van der Waals surface area contributed by atoms with Crippen molar-refractivity contribution < 1.29 is 28.7 Å². The van der Waals surface area contributed by atoms with Crippen LogP contribution in [0.1, 0.15) is 48.0 Å². The number of esters is 1. The van der Waals surface area contributed by atoms with Crippen molar-refractivity contribution in [2.75, 3.05) is 12.5 Å². The Balaban J connectivity index is 4.48. The molecular weight excluding hydrogens is 352 g/mol. The highest BCUT2D eigenvalue weighted by molar-refractivity contribution is 8.15. The van der Waals surface area contributed by atoms with E-state index in [0.29, 0.717) is 11.8 Å². The molecule has 138 valence electrons. The molecule has 0 aliphatic carbocycles. The molecule has 0 spiro atoms. The van der Waals surface area contributed by atoms with Crippen LogP contribution >= 0.6 is 24.4 Å². The van der Waals surface area contributed by atoms with Gasteiger partial charge in [0.25, 0.3) is 0 Å². The van der Waals surface area contributed by atoms with Gasteiger partial charge in [0.2, 0.25) is 6.79 Å². The van der Waals surface area contributed by atoms with E-state index in [9.17, 15) is 19.2 Å². The van der Waals surface area contributed by atoms with E-state index in [4.69, 9.17) is 9.47 Å². The highest BCUT2D eigenvalue weighted by atomic mass is 32.2. The van der Waals surface area contributed by atoms with Crippen LogP contribution in [0.4, 0.5) is 4.79 Å². The van der Waals surface area contributed by atoms with Crippen LogP contribution in [-0.4, -0.2) is 40.1 Å². The minimum atomic E-state index is -1.05. The van der Waals surface area contributed by atoms with Gasteiger partial charge in [0.15, 0.2) is 0 Å². The molecule has 0 unspecified atom stereocenters. The van der Waals surface area contributed by atoms with Crippen LogP contribution in [0.5, 0.6) is 0 Å². The molecule has 8 heteroatoms. The number of thioether (sulfide) groups is 1. The van der Waals surface area contributed by atoms with Crippen LogP contribution in [0.25, 0.3) is 0 Å². The second kappa shape index (κ2) is 9.46. The van der Waals surface area contributed by atoms with Gasteiger partial charge in [-0.15, -0.1) is 0 Å². The Kier molecular flexibility index (Phi) is 9.06. The van der Waals surface area contributed by atoms with Crippen molar-refractivity contribution in [3.63, 3.8) is 0 Å². The Labute approximate surface area is 152 Å². The number of ether oxygens (including phenoxy) is 2. The molecule has 0 radical (unpaired) electrons. The third kappa shape index (κ3) is 8.19. The first-order valence-corrected chi connectivity index (χ1v) is 8.93. The lowest BCUT2D eigenvalue weighted by Gasteiger charge is -2.23. The predicted molar refractivity (Wildman–Crippen MR) is 96.2 cm³/mol. The highest BCUT2D eigenvalue weighted by Gasteiger charge is 2.34. The Morgan fingerprint density at radius 2 is 1.58 bits per heavy atom. The molecule has 0 amide bonds. The van der Waals surface area contributed by atoms with Gasteiger partial charge in [-0.1, -0.05) is 0 Å². The number of carbonyl (C=O) groups excluding carboxylic acids is 4. The summed E-state index contributed by atoms with van der Waals surface area (Å²) in [5, 5.41) is -0.722. The molecule has 0 N–H and O–H groups in total. The lowest BCUT2D eigenvalue weighted by molar-refractivity contribution is -0.160. The molecule has 1 atom stereocenters. The van der Waals surface area contributed by atoms with E-state index >= 15 is 0 Å². The van der Waals surface area contributed by atoms with Gasteiger partial charge in [-0.25, -0.2) is 4.79 Å². The fraction of sp³-hybridized carbons (Fsp3) is 0.750. The number of ketones is 2. The zero-order valence-corrected chi connectivity index (χ0v) is 16.7. The second-order valence-electron chi connectivity index (χ2n) is 6.92. The summed E-state index contributed by atoms with van der Waals surface area (Å²) < 4.78 is 8.60. The van der Waals surface area contributed by atoms with Crippen molar-refractivity contribution in [2.45, 2.75) is 52.7 Å². The maximum absolute atomic E-state index is 12.3. The summed E-state index contributed by atoms with van der Waals surface area (Å²) in [6.45, 7) is 9.11. The smallest absolute Gasteiger partial charge is 0.371 e. The van der Waals surface area contributed by atoms with Crippen molar-refractivity contribution in [1.29, 1.82) is 0 Å². The number of carbonyl (C=O) groups is 4. The topological polar surface area (TPSA) is 86.7 Å². The van der Waals surface area contributed by atoms with Gasteiger partial charge in [-0.2, -0.15) is 12.6 Å². The molecule has 0 bridgehead atoms. The van der Waals surface area contributed by atoms with Gasteiger partial charge >= 0.3 is 11.3 Å². The van der Waals surface area contributed by atoms with E-state index in [0.717, 1.165) is 0 Å².